The summed E-state index contributed by atoms with van der Waals surface area (Å²) in [6.45, 7) is 3.22. The molecule has 0 bridgehead atoms. The molecule has 6 heteroatoms. The normalized spacial score (nSPS) is 21.3. The predicted molar refractivity (Wildman–Crippen MR) is 126 cm³/mol. The van der Waals surface area contributed by atoms with Crippen molar-refractivity contribution in [3.8, 4) is 5.75 Å². The molecular weight excluding hydrogens is 424 g/mol. The monoisotopic (exact) mass is 454 g/mol. The second-order valence-corrected chi connectivity index (χ2v) is 9.44. The van der Waals surface area contributed by atoms with Gasteiger partial charge in [0.25, 0.3) is 5.91 Å². The molecule has 2 aromatic rings. The zero-order valence-electron chi connectivity index (χ0n) is 18.5. The van der Waals surface area contributed by atoms with Gasteiger partial charge in [-0.2, -0.15) is 0 Å². The maximum absolute atomic E-state index is 13.3. The third kappa shape index (κ3) is 5.44. The third-order valence-electron chi connectivity index (χ3n) is 6.58. The van der Waals surface area contributed by atoms with Crippen molar-refractivity contribution >= 4 is 23.4 Å². The van der Waals surface area contributed by atoms with Gasteiger partial charge in [0.2, 0.25) is 5.91 Å². The molecule has 2 aliphatic heterocycles. The Morgan fingerprint density at radius 3 is 2.31 bits per heavy atom. The van der Waals surface area contributed by atoms with E-state index in [0.717, 1.165) is 44.5 Å². The number of nitrogens with zero attached hydrogens (tertiary/aromatic N) is 2. The molecule has 1 unspecified atom stereocenters. The van der Waals surface area contributed by atoms with E-state index in [9.17, 15) is 9.59 Å². The van der Waals surface area contributed by atoms with Gasteiger partial charge in [-0.25, -0.2) is 0 Å². The van der Waals surface area contributed by atoms with Crippen LogP contribution >= 0.6 is 11.6 Å². The second kappa shape index (κ2) is 10.4. The van der Waals surface area contributed by atoms with Crippen LogP contribution in [-0.4, -0.2) is 54.4 Å². The lowest BCUT2D eigenvalue weighted by Gasteiger charge is -2.43. The van der Waals surface area contributed by atoms with Gasteiger partial charge in [0.15, 0.2) is 0 Å². The van der Waals surface area contributed by atoms with Crippen LogP contribution in [0.15, 0.2) is 54.6 Å². The first kappa shape index (κ1) is 22.7. The first-order chi connectivity index (χ1) is 15.6. The van der Waals surface area contributed by atoms with Gasteiger partial charge in [0.1, 0.15) is 5.75 Å². The van der Waals surface area contributed by atoms with Crippen LogP contribution in [-0.2, 0) is 4.79 Å². The minimum Gasteiger partial charge on any atom is -0.493 e. The van der Waals surface area contributed by atoms with Crippen molar-refractivity contribution in [3.05, 3.63) is 65.2 Å². The van der Waals surface area contributed by atoms with E-state index < -0.39 is 5.41 Å². The first-order valence-corrected chi connectivity index (χ1v) is 11.9. The highest BCUT2D eigenvalue weighted by molar-refractivity contribution is 6.33. The summed E-state index contributed by atoms with van der Waals surface area (Å²) in [5.74, 6) is 0.880. The Kier molecular flexibility index (Phi) is 7.36. The second-order valence-electron chi connectivity index (χ2n) is 9.03. The molecule has 0 N–H and O–H groups in total. The zero-order valence-corrected chi connectivity index (χ0v) is 19.2. The fourth-order valence-corrected chi connectivity index (χ4v) is 5.05. The van der Waals surface area contributed by atoms with Crippen LogP contribution < -0.4 is 4.74 Å². The van der Waals surface area contributed by atoms with Gasteiger partial charge in [0.05, 0.1) is 17.2 Å². The summed E-state index contributed by atoms with van der Waals surface area (Å²) in [5, 5.41) is 0.457. The molecule has 0 radical (unpaired) electrons. The number of hydrogen-bond donors (Lipinski definition) is 0. The average molecular weight is 455 g/mol. The van der Waals surface area contributed by atoms with Gasteiger partial charge < -0.3 is 14.5 Å². The fraction of sp³-hybridized carbons (Fsp3) is 0.462. The summed E-state index contributed by atoms with van der Waals surface area (Å²) in [4.78, 5) is 30.3. The highest BCUT2D eigenvalue weighted by atomic mass is 35.5. The number of rotatable bonds is 6. The van der Waals surface area contributed by atoms with E-state index >= 15 is 0 Å². The van der Waals surface area contributed by atoms with Crippen molar-refractivity contribution in [3.63, 3.8) is 0 Å². The maximum atomic E-state index is 13.3. The van der Waals surface area contributed by atoms with E-state index in [-0.39, 0.29) is 11.8 Å². The Balaban J connectivity index is 1.53. The molecule has 170 valence electrons. The Hall–Kier alpha value is -2.53. The quantitative estimate of drug-likeness (QED) is 0.614. The molecular formula is C26H31ClN2O3. The number of benzene rings is 2. The van der Waals surface area contributed by atoms with Crippen molar-refractivity contribution < 1.29 is 14.3 Å². The SMILES string of the molecule is O=C(CC1(COc2ccccc2)CCCN(C(=O)c2ccccc2Cl)C1)N1CCCCC1. The molecule has 2 aliphatic rings. The highest BCUT2D eigenvalue weighted by Crippen LogP contribution is 2.36. The van der Waals surface area contributed by atoms with Gasteiger partial charge in [-0.15, -0.1) is 0 Å². The molecule has 2 aromatic carbocycles. The maximum Gasteiger partial charge on any atom is 0.255 e. The number of para-hydroxylation sites is 1. The molecule has 0 saturated carbocycles. The molecule has 2 fully saturated rings. The molecule has 32 heavy (non-hydrogen) atoms. The van der Waals surface area contributed by atoms with E-state index in [2.05, 4.69) is 0 Å². The molecule has 4 rings (SSSR count). The van der Waals surface area contributed by atoms with Crippen LogP contribution in [0.3, 0.4) is 0 Å². The predicted octanol–water partition coefficient (Wildman–Crippen LogP) is 5.04. The first-order valence-electron chi connectivity index (χ1n) is 11.6. The smallest absolute Gasteiger partial charge is 0.255 e. The van der Waals surface area contributed by atoms with E-state index in [1.807, 2.05) is 52.3 Å². The molecule has 5 nitrogen and oxygen atoms in total. The summed E-state index contributed by atoms with van der Waals surface area (Å²) in [6, 6.07) is 16.8. The zero-order chi connectivity index (χ0) is 22.4. The Bertz CT molecular complexity index is 930. The number of piperidine rings is 2. The lowest BCUT2D eigenvalue weighted by Crippen LogP contribution is -2.51. The molecule has 0 aliphatic carbocycles. The summed E-state index contributed by atoms with van der Waals surface area (Å²) >= 11 is 6.30. The molecule has 2 saturated heterocycles. The topological polar surface area (TPSA) is 49.9 Å². The van der Waals surface area contributed by atoms with E-state index in [1.54, 1.807) is 12.1 Å². The Labute approximate surface area is 195 Å². The Morgan fingerprint density at radius 2 is 1.56 bits per heavy atom. The standard InChI is InChI=1S/C26H31ClN2O3/c27-23-13-6-5-12-22(23)25(31)29-17-9-14-26(19-29,20-32-21-10-3-1-4-11-21)18-24(30)28-15-7-2-8-16-28/h1,3-6,10-13H,2,7-9,14-20H2. The van der Waals surface area contributed by atoms with Crippen molar-refractivity contribution in [2.45, 2.75) is 38.5 Å². The van der Waals surface area contributed by atoms with Crippen LogP contribution in [0.5, 0.6) is 5.75 Å². The van der Waals surface area contributed by atoms with E-state index in [4.69, 9.17) is 16.3 Å². The average Bonchev–Trinajstić information content (AvgIpc) is 2.84. The number of carbonyl (C=O) groups excluding carboxylic acids is 2. The van der Waals surface area contributed by atoms with Crippen LogP contribution in [0.25, 0.3) is 0 Å². The highest BCUT2D eigenvalue weighted by Gasteiger charge is 2.41. The van der Waals surface area contributed by atoms with Crippen LogP contribution in [0, 0.1) is 5.41 Å². The summed E-state index contributed by atoms with van der Waals surface area (Å²) in [7, 11) is 0. The van der Waals surface area contributed by atoms with Gasteiger partial charge in [0, 0.05) is 38.0 Å². The number of carbonyl (C=O) groups is 2. The summed E-state index contributed by atoms with van der Waals surface area (Å²) in [5.41, 5.74) is 0.0933. The van der Waals surface area contributed by atoms with Gasteiger partial charge in [-0.05, 0) is 56.4 Å². The van der Waals surface area contributed by atoms with E-state index in [1.165, 1.54) is 6.42 Å². The Morgan fingerprint density at radius 1 is 0.875 bits per heavy atom. The number of halogens is 1. The third-order valence-corrected chi connectivity index (χ3v) is 6.91. The van der Waals surface area contributed by atoms with Crippen molar-refractivity contribution in [2.24, 2.45) is 5.41 Å². The van der Waals surface area contributed by atoms with Crippen LogP contribution in [0.4, 0.5) is 0 Å². The summed E-state index contributed by atoms with van der Waals surface area (Å²) in [6.07, 6.45) is 5.40. The lowest BCUT2D eigenvalue weighted by atomic mass is 9.77. The van der Waals surface area contributed by atoms with Gasteiger partial charge >= 0.3 is 0 Å². The van der Waals surface area contributed by atoms with Crippen LogP contribution in [0.2, 0.25) is 5.02 Å². The molecule has 0 aromatic heterocycles. The number of ether oxygens (including phenoxy) is 1. The fourth-order valence-electron chi connectivity index (χ4n) is 4.83. The van der Waals surface area contributed by atoms with Gasteiger partial charge in [-0.1, -0.05) is 41.9 Å². The number of likely N-dealkylation sites (tertiary alicyclic amines) is 2. The minimum absolute atomic E-state index is 0.0789. The van der Waals surface area contributed by atoms with Crippen molar-refractivity contribution in [1.82, 2.24) is 9.80 Å². The van der Waals surface area contributed by atoms with Crippen molar-refractivity contribution in [1.29, 1.82) is 0 Å². The lowest BCUT2D eigenvalue weighted by molar-refractivity contribution is -0.136. The minimum atomic E-state index is -0.417. The molecule has 2 heterocycles. The molecule has 0 spiro atoms. The number of amides is 2. The molecule has 1 atom stereocenters. The van der Waals surface area contributed by atoms with Crippen molar-refractivity contribution in [2.75, 3.05) is 32.8 Å². The van der Waals surface area contributed by atoms with E-state index in [0.29, 0.717) is 36.7 Å². The van der Waals surface area contributed by atoms with Gasteiger partial charge in [-0.3, -0.25) is 9.59 Å². The number of hydrogen-bond acceptors (Lipinski definition) is 3. The summed E-state index contributed by atoms with van der Waals surface area (Å²) < 4.78 is 6.16. The molecule has 2 amide bonds. The largest absolute Gasteiger partial charge is 0.493 e. The van der Waals surface area contributed by atoms with Crippen LogP contribution in [0.1, 0.15) is 48.9 Å².